The molecule has 0 unspecified atom stereocenters. The Morgan fingerprint density at radius 3 is 2.81 bits per heavy atom. The van der Waals surface area contributed by atoms with Gasteiger partial charge in [-0.05, 0) is 23.8 Å². The molecule has 2 aromatic carbocycles. The molecule has 0 aliphatic heterocycles. The number of nitrogens with one attached hydrogen (secondary N) is 1. The number of benzene rings is 2. The molecule has 2 heterocycles. The zero-order chi connectivity index (χ0) is 17.9. The van der Waals surface area contributed by atoms with Crippen LogP contribution in [0.1, 0.15) is 17.3 Å². The van der Waals surface area contributed by atoms with Gasteiger partial charge in [0.1, 0.15) is 5.52 Å². The standard InChI is InChI=1S/C19H16N4O3/c1-12-21-15-10-14(7-8-16(15)25-12)19-22-18(26-23-19)11-20-17(24)9-13-5-3-2-4-6-13/h2-8,10H,9,11H2,1H3,(H,20,24). The van der Waals surface area contributed by atoms with Crippen LogP contribution in [-0.2, 0) is 17.8 Å². The van der Waals surface area contributed by atoms with Crippen LogP contribution in [0, 0.1) is 6.92 Å². The lowest BCUT2D eigenvalue weighted by molar-refractivity contribution is -0.120. The molecule has 26 heavy (non-hydrogen) atoms. The Kier molecular flexibility index (Phi) is 4.18. The van der Waals surface area contributed by atoms with Crippen LogP contribution in [0.3, 0.4) is 0 Å². The summed E-state index contributed by atoms with van der Waals surface area (Å²) < 4.78 is 10.7. The molecule has 0 spiro atoms. The zero-order valence-electron chi connectivity index (χ0n) is 14.1. The molecule has 1 N–H and O–H groups in total. The summed E-state index contributed by atoms with van der Waals surface area (Å²) in [7, 11) is 0. The van der Waals surface area contributed by atoms with E-state index in [1.807, 2.05) is 48.5 Å². The highest BCUT2D eigenvalue weighted by Gasteiger charge is 2.12. The molecule has 4 aromatic rings. The van der Waals surface area contributed by atoms with Crippen molar-refractivity contribution in [3.63, 3.8) is 0 Å². The number of nitrogens with zero attached hydrogens (tertiary/aromatic N) is 3. The molecule has 1 amide bonds. The van der Waals surface area contributed by atoms with E-state index in [4.69, 9.17) is 8.94 Å². The Morgan fingerprint density at radius 2 is 1.96 bits per heavy atom. The number of fused-ring (bicyclic) bond motifs is 1. The van der Waals surface area contributed by atoms with E-state index in [0.717, 1.165) is 16.6 Å². The van der Waals surface area contributed by atoms with Gasteiger partial charge in [0.25, 0.3) is 0 Å². The van der Waals surface area contributed by atoms with E-state index < -0.39 is 0 Å². The predicted molar refractivity (Wildman–Crippen MR) is 94.0 cm³/mol. The first-order chi connectivity index (χ1) is 12.7. The van der Waals surface area contributed by atoms with Gasteiger partial charge in [-0.25, -0.2) is 4.98 Å². The van der Waals surface area contributed by atoms with E-state index in [0.29, 0.717) is 29.6 Å². The molecule has 7 heteroatoms. The molecule has 2 aromatic heterocycles. The van der Waals surface area contributed by atoms with Gasteiger partial charge in [-0.15, -0.1) is 0 Å². The van der Waals surface area contributed by atoms with E-state index in [-0.39, 0.29) is 12.5 Å². The Balaban J connectivity index is 1.41. The number of hydrogen-bond donors (Lipinski definition) is 1. The number of hydrogen-bond acceptors (Lipinski definition) is 6. The first kappa shape index (κ1) is 16.0. The van der Waals surface area contributed by atoms with Crippen molar-refractivity contribution in [2.24, 2.45) is 0 Å². The molecule has 0 aliphatic carbocycles. The van der Waals surface area contributed by atoms with Gasteiger partial charge >= 0.3 is 0 Å². The minimum absolute atomic E-state index is 0.101. The molecular weight excluding hydrogens is 332 g/mol. The molecule has 0 fully saturated rings. The largest absolute Gasteiger partial charge is 0.441 e. The highest BCUT2D eigenvalue weighted by Crippen LogP contribution is 2.22. The molecule has 0 bridgehead atoms. The second-order valence-corrected chi connectivity index (χ2v) is 5.87. The number of rotatable bonds is 5. The summed E-state index contributed by atoms with van der Waals surface area (Å²) in [5, 5.41) is 6.75. The van der Waals surface area contributed by atoms with Crippen molar-refractivity contribution in [2.75, 3.05) is 0 Å². The van der Waals surface area contributed by atoms with Gasteiger partial charge < -0.3 is 14.3 Å². The van der Waals surface area contributed by atoms with Crippen molar-refractivity contribution in [3.8, 4) is 11.4 Å². The summed E-state index contributed by atoms with van der Waals surface area (Å²) in [6.45, 7) is 1.98. The molecule has 130 valence electrons. The Hall–Kier alpha value is -3.48. The molecular formula is C19H16N4O3. The lowest BCUT2D eigenvalue weighted by Crippen LogP contribution is -2.24. The minimum Gasteiger partial charge on any atom is -0.441 e. The number of carbonyl (C=O) groups excluding carboxylic acids is 1. The normalized spacial score (nSPS) is 11.0. The van der Waals surface area contributed by atoms with E-state index in [9.17, 15) is 4.79 Å². The second-order valence-electron chi connectivity index (χ2n) is 5.87. The Morgan fingerprint density at radius 1 is 1.12 bits per heavy atom. The number of carbonyl (C=O) groups is 1. The van der Waals surface area contributed by atoms with Crippen LogP contribution in [0.15, 0.2) is 57.5 Å². The summed E-state index contributed by atoms with van der Waals surface area (Å²) in [5.74, 6) is 1.29. The summed E-state index contributed by atoms with van der Waals surface area (Å²) in [5.41, 5.74) is 3.18. The van der Waals surface area contributed by atoms with Crippen molar-refractivity contribution in [1.29, 1.82) is 0 Å². The summed E-state index contributed by atoms with van der Waals surface area (Å²) in [4.78, 5) is 20.6. The third-order valence-electron chi connectivity index (χ3n) is 3.87. The van der Waals surface area contributed by atoms with Crippen molar-refractivity contribution in [1.82, 2.24) is 20.4 Å². The zero-order valence-corrected chi connectivity index (χ0v) is 14.1. The topological polar surface area (TPSA) is 94.1 Å². The number of oxazole rings is 1. The maximum Gasteiger partial charge on any atom is 0.246 e. The molecule has 0 atom stereocenters. The fraction of sp³-hybridized carbons (Fsp3) is 0.158. The first-order valence-corrected chi connectivity index (χ1v) is 8.18. The predicted octanol–water partition coefficient (Wildman–Crippen LogP) is 3.05. The van der Waals surface area contributed by atoms with E-state index >= 15 is 0 Å². The maximum atomic E-state index is 12.0. The van der Waals surface area contributed by atoms with Gasteiger partial charge in [-0.2, -0.15) is 4.98 Å². The Bertz CT molecular complexity index is 1050. The smallest absolute Gasteiger partial charge is 0.246 e. The van der Waals surface area contributed by atoms with Gasteiger partial charge in [0.2, 0.25) is 17.6 Å². The van der Waals surface area contributed by atoms with Crippen LogP contribution in [0.25, 0.3) is 22.5 Å². The summed E-state index contributed by atoms with van der Waals surface area (Å²) in [6, 6.07) is 15.0. The highest BCUT2D eigenvalue weighted by atomic mass is 16.5. The van der Waals surface area contributed by atoms with Gasteiger partial charge in [-0.1, -0.05) is 35.5 Å². The summed E-state index contributed by atoms with van der Waals surface area (Å²) in [6.07, 6.45) is 0.310. The van der Waals surface area contributed by atoms with Crippen LogP contribution >= 0.6 is 0 Å². The van der Waals surface area contributed by atoms with Crippen LogP contribution in [-0.4, -0.2) is 21.0 Å². The number of amides is 1. The Labute approximate surface area is 149 Å². The minimum atomic E-state index is -0.101. The average molecular weight is 348 g/mol. The van der Waals surface area contributed by atoms with E-state index in [1.165, 1.54) is 0 Å². The highest BCUT2D eigenvalue weighted by molar-refractivity contribution is 5.79. The molecule has 0 aliphatic rings. The van der Waals surface area contributed by atoms with Crippen LogP contribution in [0.4, 0.5) is 0 Å². The van der Waals surface area contributed by atoms with Gasteiger partial charge in [0.15, 0.2) is 11.5 Å². The average Bonchev–Trinajstić information content (AvgIpc) is 3.25. The van der Waals surface area contributed by atoms with E-state index in [2.05, 4.69) is 20.4 Å². The first-order valence-electron chi connectivity index (χ1n) is 8.18. The van der Waals surface area contributed by atoms with Crippen molar-refractivity contribution >= 4 is 17.0 Å². The van der Waals surface area contributed by atoms with E-state index in [1.54, 1.807) is 6.92 Å². The molecule has 4 rings (SSSR count). The number of aryl methyl sites for hydroxylation is 1. The van der Waals surface area contributed by atoms with Gasteiger partial charge in [0.05, 0.1) is 13.0 Å². The van der Waals surface area contributed by atoms with Crippen LogP contribution < -0.4 is 5.32 Å². The third kappa shape index (κ3) is 3.46. The van der Waals surface area contributed by atoms with Crippen molar-refractivity contribution in [2.45, 2.75) is 19.9 Å². The SMILES string of the molecule is Cc1nc2cc(-c3noc(CNC(=O)Cc4ccccc4)n3)ccc2o1. The van der Waals surface area contributed by atoms with Crippen LogP contribution in [0.2, 0.25) is 0 Å². The molecule has 0 saturated heterocycles. The van der Waals surface area contributed by atoms with Crippen molar-refractivity contribution < 1.29 is 13.7 Å². The quantitative estimate of drug-likeness (QED) is 0.596. The van der Waals surface area contributed by atoms with Crippen LogP contribution in [0.5, 0.6) is 0 Å². The van der Waals surface area contributed by atoms with Crippen molar-refractivity contribution in [3.05, 3.63) is 65.9 Å². The lowest BCUT2D eigenvalue weighted by Gasteiger charge is -2.02. The monoisotopic (exact) mass is 348 g/mol. The number of aromatic nitrogens is 3. The summed E-state index contributed by atoms with van der Waals surface area (Å²) >= 11 is 0. The maximum absolute atomic E-state index is 12.0. The van der Waals surface area contributed by atoms with Gasteiger partial charge in [0, 0.05) is 12.5 Å². The third-order valence-corrected chi connectivity index (χ3v) is 3.87. The fourth-order valence-electron chi connectivity index (χ4n) is 2.64. The lowest BCUT2D eigenvalue weighted by atomic mass is 10.1. The molecule has 7 nitrogen and oxygen atoms in total. The molecule has 0 saturated carbocycles. The fourth-order valence-corrected chi connectivity index (χ4v) is 2.64. The second kappa shape index (κ2) is 6.79. The van der Waals surface area contributed by atoms with Gasteiger partial charge in [-0.3, -0.25) is 4.79 Å². The molecule has 0 radical (unpaired) electrons.